The van der Waals surface area contributed by atoms with Gasteiger partial charge in [-0.15, -0.1) is 0 Å². The summed E-state index contributed by atoms with van der Waals surface area (Å²) >= 11 is 0. The summed E-state index contributed by atoms with van der Waals surface area (Å²) in [5.41, 5.74) is 5.54. The molecule has 17 heavy (non-hydrogen) atoms. The third-order valence-corrected chi connectivity index (χ3v) is 3.20. The highest BCUT2D eigenvalue weighted by Crippen LogP contribution is 2.13. The average molecular weight is 245 g/mol. The molecule has 0 radical (unpaired) electrons. The normalized spacial score (nSPS) is 17.5. The van der Waals surface area contributed by atoms with Crippen LogP contribution in [0.3, 0.4) is 0 Å². The van der Waals surface area contributed by atoms with E-state index in [0.29, 0.717) is 6.04 Å². The first kappa shape index (κ1) is 16.8. The molecule has 0 aliphatic heterocycles. The molecular weight excluding hydrogens is 214 g/mol. The van der Waals surface area contributed by atoms with E-state index in [-0.39, 0.29) is 6.61 Å². The number of aliphatic hydroxyl groups is 1. The van der Waals surface area contributed by atoms with Gasteiger partial charge in [-0.3, -0.25) is 0 Å². The van der Waals surface area contributed by atoms with Gasteiger partial charge >= 0.3 is 0 Å². The maximum Gasteiger partial charge on any atom is 0.0609 e. The summed E-state index contributed by atoms with van der Waals surface area (Å²) in [6.07, 6.45) is 2.00. The fourth-order valence-corrected chi connectivity index (χ4v) is 2.15. The predicted octanol–water partition coefficient (Wildman–Crippen LogP) is 0.748. The quantitative estimate of drug-likeness (QED) is 0.629. The molecule has 3 N–H and O–H groups in total. The summed E-state index contributed by atoms with van der Waals surface area (Å²) in [4.78, 5) is 4.64. The number of nitrogens with zero attached hydrogens (tertiary/aromatic N) is 2. The van der Waals surface area contributed by atoms with Crippen molar-refractivity contribution in [3.63, 3.8) is 0 Å². The van der Waals surface area contributed by atoms with E-state index in [1.54, 1.807) is 0 Å². The van der Waals surface area contributed by atoms with Gasteiger partial charge in [-0.05, 0) is 60.4 Å². The van der Waals surface area contributed by atoms with Crippen LogP contribution in [-0.2, 0) is 0 Å². The van der Waals surface area contributed by atoms with Crippen LogP contribution in [0.15, 0.2) is 0 Å². The lowest BCUT2D eigenvalue weighted by molar-refractivity contribution is 0.137. The van der Waals surface area contributed by atoms with Crippen molar-refractivity contribution in [1.82, 2.24) is 9.80 Å². The van der Waals surface area contributed by atoms with E-state index in [1.165, 1.54) is 6.42 Å². The first-order valence-corrected chi connectivity index (χ1v) is 6.61. The lowest BCUT2D eigenvalue weighted by Crippen LogP contribution is -2.47. The lowest BCUT2D eigenvalue weighted by atomic mass is 9.95. The van der Waals surface area contributed by atoms with Crippen LogP contribution in [-0.4, -0.2) is 66.8 Å². The fraction of sp³-hybridized carbons (Fsp3) is 1.00. The van der Waals surface area contributed by atoms with Crippen molar-refractivity contribution in [2.45, 2.75) is 45.2 Å². The summed E-state index contributed by atoms with van der Waals surface area (Å²) in [7, 11) is 4.20. The van der Waals surface area contributed by atoms with Crippen LogP contribution in [0.2, 0.25) is 0 Å². The Hall–Kier alpha value is -0.160. The molecule has 0 aliphatic carbocycles. The Morgan fingerprint density at radius 2 is 1.88 bits per heavy atom. The molecule has 0 rings (SSSR count). The van der Waals surface area contributed by atoms with Crippen molar-refractivity contribution in [2.75, 3.05) is 40.3 Å². The summed E-state index contributed by atoms with van der Waals surface area (Å²) < 4.78 is 0. The van der Waals surface area contributed by atoms with Crippen molar-refractivity contribution >= 4 is 0 Å². The zero-order chi connectivity index (χ0) is 13.5. The zero-order valence-corrected chi connectivity index (χ0v) is 12.2. The van der Waals surface area contributed by atoms with Crippen LogP contribution >= 0.6 is 0 Å². The summed E-state index contributed by atoms with van der Waals surface area (Å²) in [6, 6.07) is 0.421. The van der Waals surface area contributed by atoms with E-state index in [1.807, 2.05) is 6.92 Å². The van der Waals surface area contributed by atoms with E-state index < -0.39 is 5.54 Å². The fourth-order valence-electron chi connectivity index (χ4n) is 2.15. The largest absolute Gasteiger partial charge is 0.394 e. The van der Waals surface area contributed by atoms with Crippen LogP contribution in [0.4, 0.5) is 0 Å². The molecule has 0 bridgehead atoms. The molecule has 0 heterocycles. The van der Waals surface area contributed by atoms with Gasteiger partial charge in [-0.2, -0.15) is 0 Å². The van der Waals surface area contributed by atoms with Crippen molar-refractivity contribution in [3.8, 4) is 0 Å². The van der Waals surface area contributed by atoms with Gasteiger partial charge in [-0.1, -0.05) is 6.92 Å². The second-order valence-electron chi connectivity index (χ2n) is 5.65. The highest BCUT2D eigenvalue weighted by Gasteiger charge is 2.23. The van der Waals surface area contributed by atoms with E-state index in [0.717, 1.165) is 26.1 Å². The minimum atomic E-state index is -0.464. The first-order chi connectivity index (χ1) is 7.82. The molecule has 0 spiro atoms. The monoisotopic (exact) mass is 245 g/mol. The second kappa shape index (κ2) is 8.03. The van der Waals surface area contributed by atoms with Gasteiger partial charge in [0.05, 0.1) is 6.61 Å². The summed E-state index contributed by atoms with van der Waals surface area (Å²) in [6.45, 7) is 9.58. The van der Waals surface area contributed by atoms with Gasteiger partial charge in [-0.25, -0.2) is 0 Å². The Morgan fingerprint density at radius 1 is 1.29 bits per heavy atom. The molecule has 2 unspecified atom stereocenters. The van der Waals surface area contributed by atoms with Gasteiger partial charge in [0.15, 0.2) is 0 Å². The summed E-state index contributed by atoms with van der Waals surface area (Å²) in [5, 5.41) is 9.20. The Morgan fingerprint density at radius 3 is 2.29 bits per heavy atom. The highest BCUT2D eigenvalue weighted by atomic mass is 16.3. The lowest BCUT2D eigenvalue weighted by Gasteiger charge is -2.33. The molecule has 2 atom stereocenters. The van der Waals surface area contributed by atoms with Gasteiger partial charge in [0.25, 0.3) is 0 Å². The Labute approximate surface area is 107 Å². The van der Waals surface area contributed by atoms with Gasteiger partial charge in [0.2, 0.25) is 0 Å². The molecule has 0 aromatic carbocycles. The summed E-state index contributed by atoms with van der Waals surface area (Å²) in [5.74, 6) is 0. The maximum absolute atomic E-state index is 9.20. The standard InChI is InChI=1S/C13H31N3O/c1-6-16(9-7-8-15(4)5)12(2)10-13(3,14)11-17/h12,17H,6-11,14H2,1-5H3. The molecule has 0 amide bonds. The minimum Gasteiger partial charge on any atom is -0.394 e. The SMILES string of the molecule is CCN(CCCN(C)C)C(C)CC(C)(N)CO. The number of hydrogen-bond donors (Lipinski definition) is 2. The molecule has 0 aromatic rings. The third-order valence-electron chi connectivity index (χ3n) is 3.20. The zero-order valence-electron chi connectivity index (χ0n) is 12.2. The molecule has 4 heteroatoms. The van der Waals surface area contributed by atoms with Crippen LogP contribution < -0.4 is 5.73 Å². The first-order valence-electron chi connectivity index (χ1n) is 6.61. The van der Waals surface area contributed by atoms with Gasteiger partial charge in [0.1, 0.15) is 0 Å². The predicted molar refractivity (Wildman–Crippen MR) is 74.2 cm³/mol. The molecular formula is C13H31N3O. The van der Waals surface area contributed by atoms with Gasteiger partial charge in [0, 0.05) is 11.6 Å². The number of rotatable bonds is 9. The van der Waals surface area contributed by atoms with Crippen molar-refractivity contribution in [3.05, 3.63) is 0 Å². The van der Waals surface area contributed by atoms with Crippen LogP contribution in [0.1, 0.15) is 33.6 Å². The Bertz CT molecular complexity index is 195. The number of nitrogens with two attached hydrogens (primary N) is 1. The van der Waals surface area contributed by atoms with E-state index in [4.69, 9.17) is 5.73 Å². The van der Waals surface area contributed by atoms with Crippen molar-refractivity contribution in [1.29, 1.82) is 0 Å². The second-order valence-corrected chi connectivity index (χ2v) is 5.65. The molecule has 0 saturated heterocycles. The topological polar surface area (TPSA) is 52.7 Å². The molecule has 4 nitrogen and oxygen atoms in total. The van der Waals surface area contributed by atoms with Gasteiger partial charge < -0.3 is 20.6 Å². The van der Waals surface area contributed by atoms with Crippen LogP contribution in [0.25, 0.3) is 0 Å². The molecule has 0 saturated carbocycles. The van der Waals surface area contributed by atoms with Crippen LogP contribution in [0.5, 0.6) is 0 Å². The molecule has 0 fully saturated rings. The Kier molecular flexibility index (Phi) is 7.96. The number of aliphatic hydroxyl groups excluding tert-OH is 1. The van der Waals surface area contributed by atoms with Crippen LogP contribution in [0, 0.1) is 0 Å². The van der Waals surface area contributed by atoms with E-state index >= 15 is 0 Å². The van der Waals surface area contributed by atoms with Crippen molar-refractivity contribution < 1.29 is 5.11 Å². The number of hydrogen-bond acceptors (Lipinski definition) is 4. The average Bonchev–Trinajstić information content (AvgIpc) is 2.23. The third kappa shape index (κ3) is 7.71. The van der Waals surface area contributed by atoms with E-state index in [2.05, 4.69) is 37.7 Å². The highest BCUT2D eigenvalue weighted by molar-refractivity contribution is 4.83. The molecule has 104 valence electrons. The smallest absolute Gasteiger partial charge is 0.0609 e. The maximum atomic E-state index is 9.20. The minimum absolute atomic E-state index is 0.0482. The molecule has 0 aliphatic rings. The Balaban J connectivity index is 4.07. The molecule has 0 aromatic heterocycles. The van der Waals surface area contributed by atoms with Crippen molar-refractivity contribution in [2.24, 2.45) is 5.73 Å². The van der Waals surface area contributed by atoms with E-state index in [9.17, 15) is 5.11 Å².